The number of nitrogens with zero attached hydrogens (tertiary/aromatic N) is 2. The van der Waals surface area contributed by atoms with Gasteiger partial charge in [-0.25, -0.2) is 0 Å². The fourth-order valence-corrected chi connectivity index (χ4v) is 4.50. The number of rotatable bonds is 5. The number of fused-ring (bicyclic) bond motifs is 2. The van der Waals surface area contributed by atoms with Crippen LogP contribution in [0.3, 0.4) is 0 Å². The number of likely N-dealkylation sites (N-methyl/N-ethyl adjacent to an activating group) is 1. The Morgan fingerprint density at radius 3 is 3.00 bits per heavy atom. The van der Waals surface area contributed by atoms with E-state index in [2.05, 4.69) is 31.1 Å². The molecule has 0 fully saturated rings. The van der Waals surface area contributed by atoms with E-state index < -0.39 is 0 Å². The van der Waals surface area contributed by atoms with Crippen LogP contribution in [0, 0.1) is 0 Å². The summed E-state index contributed by atoms with van der Waals surface area (Å²) in [6.07, 6.45) is 4.64. The molecule has 1 atom stereocenters. The van der Waals surface area contributed by atoms with Crippen LogP contribution >= 0.6 is 15.9 Å². The van der Waals surface area contributed by atoms with E-state index >= 15 is 0 Å². The van der Waals surface area contributed by atoms with E-state index in [4.69, 9.17) is 14.2 Å². The number of methoxy groups -OCH3 is 1. The van der Waals surface area contributed by atoms with Gasteiger partial charge in [0.15, 0.2) is 11.5 Å². The highest BCUT2D eigenvalue weighted by atomic mass is 79.9. The van der Waals surface area contributed by atoms with E-state index in [1.165, 1.54) is 0 Å². The van der Waals surface area contributed by atoms with E-state index in [0.717, 1.165) is 34.1 Å². The van der Waals surface area contributed by atoms with Crippen molar-refractivity contribution in [3.63, 3.8) is 0 Å². The Morgan fingerprint density at radius 1 is 1.43 bits per heavy atom. The second-order valence-electron chi connectivity index (χ2n) is 6.89. The smallest absolute Gasteiger partial charge is 0.231 e. The van der Waals surface area contributed by atoms with Crippen LogP contribution in [0.4, 0.5) is 0 Å². The molecule has 0 saturated carbocycles. The predicted octanol–water partition coefficient (Wildman–Crippen LogP) is 2.82. The van der Waals surface area contributed by atoms with Gasteiger partial charge in [-0.15, -0.1) is 0 Å². The Hall–Kier alpha value is -2.32. The molecule has 1 aromatic carbocycles. The number of pyridine rings is 1. The predicted molar refractivity (Wildman–Crippen MR) is 107 cm³/mol. The average molecular weight is 448 g/mol. The minimum absolute atomic E-state index is 0.0237. The molecule has 7 nitrogen and oxygen atoms in total. The lowest BCUT2D eigenvalue weighted by Crippen LogP contribution is -2.36. The van der Waals surface area contributed by atoms with Gasteiger partial charge in [0.05, 0.1) is 11.6 Å². The summed E-state index contributed by atoms with van der Waals surface area (Å²) >= 11 is 3.67. The highest BCUT2D eigenvalue weighted by Crippen LogP contribution is 2.54. The van der Waals surface area contributed by atoms with Crippen molar-refractivity contribution in [2.45, 2.75) is 25.4 Å². The molecule has 0 spiro atoms. The molecule has 8 heteroatoms. The lowest BCUT2D eigenvalue weighted by Gasteiger charge is -2.36. The molecule has 28 heavy (non-hydrogen) atoms. The average Bonchev–Trinajstić information content (AvgIpc) is 3.20. The summed E-state index contributed by atoms with van der Waals surface area (Å²) in [6, 6.07) is 3.69. The van der Waals surface area contributed by atoms with Crippen LogP contribution in [0.1, 0.15) is 29.2 Å². The van der Waals surface area contributed by atoms with E-state index in [0.29, 0.717) is 30.2 Å². The maximum atomic E-state index is 12.7. The largest absolute Gasteiger partial charge is 0.492 e. The summed E-state index contributed by atoms with van der Waals surface area (Å²) in [6.45, 7) is 1.46. The summed E-state index contributed by atoms with van der Waals surface area (Å²) in [5.74, 6) is 1.91. The van der Waals surface area contributed by atoms with Crippen LogP contribution in [-0.2, 0) is 17.8 Å². The molecule has 0 radical (unpaired) electrons. The highest BCUT2D eigenvalue weighted by molar-refractivity contribution is 9.10. The third kappa shape index (κ3) is 3.42. The molecule has 1 N–H and O–H groups in total. The standard InChI is InChI=1S/C20H22BrN3O4/c1-24-7-5-13-16(18(26-2)20-19(17(13)21)27-11-28-20)14(24)8-15(25)23-10-12-4-3-6-22-9-12/h3-4,6,9,14H,5,7-8,10-11H2,1-2H3,(H,23,25). The minimum Gasteiger partial charge on any atom is -0.492 e. The van der Waals surface area contributed by atoms with Crippen LogP contribution in [-0.4, -0.2) is 43.3 Å². The Kier molecular flexibility index (Phi) is 5.41. The molecule has 2 aliphatic heterocycles. The zero-order chi connectivity index (χ0) is 19.7. The van der Waals surface area contributed by atoms with Gasteiger partial charge < -0.3 is 19.5 Å². The van der Waals surface area contributed by atoms with Crippen LogP contribution < -0.4 is 19.5 Å². The van der Waals surface area contributed by atoms with Gasteiger partial charge in [-0.3, -0.25) is 14.7 Å². The third-order valence-corrected chi connectivity index (χ3v) is 6.07. The zero-order valence-corrected chi connectivity index (χ0v) is 17.4. The fraction of sp³-hybridized carbons (Fsp3) is 0.400. The van der Waals surface area contributed by atoms with Crippen molar-refractivity contribution in [3.8, 4) is 17.2 Å². The van der Waals surface area contributed by atoms with Gasteiger partial charge in [-0.1, -0.05) is 6.07 Å². The molecule has 2 aromatic rings. The van der Waals surface area contributed by atoms with E-state index in [9.17, 15) is 4.79 Å². The Bertz CT molecular complexity index is 891. The number of nitrogens with one attached hydrogen (secondary N) is 1. The lowest BCUT2D eigenvalue weighted by molar-refractivity contribution is -0.122. The lowest BCUT2D eigenvalue weighted by atomic mass is 9.89. The summed E-state index contributed by atoms with van der Waals surface area (Å²) in [7, 11) is 3.65. The maximum Gasteiger partial charge on any atom is 0.231 e. The summed E-state index contributed by atoms with van der Waals surface area (Å²) in [5, 5.41) is 2.99. The van der Waals surface area contributed by atoms with Gasteiger partial charge in [0.1, 0.15) is 0 Å². The number of halogens is 1. The number of benzene rings is 1. The molecular weight excluding hydrogens is 426 g/mol. The topological polar surface area (TPSA) is 72.9 Å². The summed E-state index contributed by atoms with van der Waals surface area (Å²) in [4.78, 5) is 19.0. The van der Waals surface area contributed by atoms with Crippen LogP contribution in [0.15, 0.2) is 29.0 Å². The number of ether oxygens (including phenoxy) is 3. The van der Waals surface area contributed by atoms with Gasteiger partial charge >= 0.3 is 0 Å². The first-order valence-electron chi connectivity index (χ1n) is 9.13. The van der Waals surface area contributed by atoms with Gasteiger partial charge in [0, 0.05) is 43.5 Å². The normalized spacial score (nSPS) is 17.9. The molecule has 0 bridgehead atoms. The van der Waals surface area contributed by atoms with Crippen molar-refractivity contribution in [2.24, 2.45) is 0 Å². The number of amides is 1. The zero-order valence-electron chi connectivity index (χ0n) is 15.8. The Balaban J connectivity index is 1.60. The summed E-state index contributed by atoms with van der Waals surface area (Å²) < 4.78 is 17.9. The number of carbonyl (C=O) groups excluding carboxylic acids is 1. The fourth-order valence-electron chi connectivity index (χ4n) is 3.80. The van der Waals surface area contributed by atoms with Crippen LogP contribution in [0.5, 0.6) is 17.2 Å². The van der Waals surface area contributed by atoms with Gasteiger partial charge in [-0.05, 0) is 46.6 Å². The molecule has 3 heterocycles. The Labute approximate surface area is 172 Å². The van der Waals surface area contributed by atoms with Crippen molar-refractivity contribution in [1.29, 1.82) is 0 Å². The van der Waals surface area contributed by atoms with Crippen molar-refractivity contribution >= 4 is 21.8 Å². The van der Waals surface area contributed by atoms with Gasteiger partial charge in [0.2, 0.25) is 18.4 Å². The quantitative estimate of drug-likeness (QED) is 0.759. The van der Waals surface area contributed by atoms with Crippen LogP contribution in [0.25, 0.3) is 0 Å². The SMILES string of the molecule is COc1c2c(c(Br)c3c1C(CC(=O)NCc1cccnc1)N(C)CC3)OCO2. The van der Waals surface area contributed by atoms with Gasteiger partial charge in [-0.2, -0.15) is 0 Å². The first-order valence-corrected chi connectivity index (χ1v) is 9.93. The number of hydrogen-bond acceptors (Lipinski definition) is 6. The van der Waals surface area contributed by atoms with E-state index in [1.807, 2.05) is 19.2 Å². The number of aromatic nitrogens is 1. The van der Waals surface area contributed by atoms with Crippen molar-refractivity contribution < 1.29 is 19.0 Å². The second-order valence-corrected chi connectivity index (χ2v) is 7.69. The molecule has 148 valence electrons. The number of hydrogen-bond donors (Lipinski definition) is 1. The first kappa shape index (κ1) is 19.0. The van der Waals surface area contributed by atoms with Crippen molar-refractivity contribution in [2.75, 3.05) is 27.5 Å². The monoisotopic (exact) mass is 447 g/mol. The molecule has 1 unspecified atom stereocenters. The number of carbonyl (C=O) groups is 1. The van der Waals surface area contributed by atoms with Gasteiger partial charge in [0.25, 0.3) is 0 Å². The molecule has 0 aliphatic carbocycles. The highest BCUT2D eigenvalue weighted by Gasteiger charge is 2.37. The molecule has 2 aliphatic rings. The second kappa shape index (κ2) is 7.97. The first-order chi connectivity index (χ1) is 13.6. The molecule has 1 amide bonds. The Morgan fingerprint density at radius 2 is 2.25 bits per heavy atom. The van der Waals surface area contributed by atoms with Crippen molar-refractivity contribution in [1.82, 2.24) is 15.2 Å². The van der Waals surface area contributed by atoms with E-state index in [1.54, 1.807) is 19.5 Å². The van der Waals surface area contributed by atoms with E-state index in [-0.39, 0.29) is 18.7 Å². The molecular formula is C20H22BrN3O4. The van der Waals surface area contributed by atoms with Crippen LogP contribution in [0.2, 0.25) is 0 Å². The molecule has 0 saturated heterocycles. The molecule has 4 rings (SSSR count). The minimum atomic E-state index is -0.113. The maximum absolute atomic E-state index is 12.7. The van der Waals surface area contributed by atoms with Crippen molar-refractivity contribution in [3.05, 3.63) is 45.7 Å². The summed E-state index contributed by atoms with van der Waals surface area (Å²) in [5.41, 5.74) is 3.07. The molecule has 1 aromatic heterocycles. The third-order valence-electron chi connectivity index (χ3n) is 5.23.